The van der Waals surface area contributed by atoms with E-state index in [-0.39, 0.29) is 5.92 Å². The van der Waals surface area contributed by atoms with Crippen LogP contribution in [-0.4, -0.2) is 25.6 Å². The Morgan fingerprint density at radius 1 is 1.08 bits per heavy atom. The normalized spacial score (nSPS) is 20.2. The van der Waals surface area contributed by atoms with Crippen LogP contribution >= 0.6 is 0 Å². The molecule has 1 aliphatic carbocycles. The second-order valence-corrected chi connectivity index (χ2v) is 7.05. The maximum atomic E-state index is 12.1. The van der Waals surface area contributed by atoms with Gasteiger partial charge in [0, 0.05) is 0 Å². The average Bonchev–Trinajstić information content (AvgIpc) is 2.66. The Kier molecular flexibility index (Phi) is 8.86. The lowest BCUT2D eigenvalue weighted by Crippen LogP contribution is -2.24. The SMILES string of the molecule is CCCCCCOc1ccc([C@H]2CC[C@H](C(=O)OCC(F)F)CC2)cc1. The van der Waals surface area contributed by atoms with Gasteiger partial charge in [0.25, 0.3) is 6.43 Å². The quantitative estimate of drug-likeness (QED) is 0.391. The van der Waals surface area contributed by atoms with Crippen LogP contribution < -0.4 is 4.74 Å². The van der Waals surface area contributed by atoms with Crippen LogP contribution in [0.1, 0.15) is 69.8 Å². The summed E-state index contributed by atoms with van der Waals surface area (Å²) in [6, 6.07) is 8.22. The number of alkyl halides is 2. The molecule has 5 heteroatoms. The Morgan fingerprint density at radius 2 is 1.77 bits per heavy atom. The molecule has 1 aromatic rings. The number of hydrogen-bond donors (Lipinski definition) is 0. The number of ether oxygens (including phenoxy) is 2. The zero-order chi connectivity index (χ0) is 18.8. The van der Waals surface area contributed by atoms with Crippen molar-refractivity contribution in [1.82, 2.24) is 0 Å². The molecule has 0 aliphatic heterocycles. The van der Waals surface area contributed by atoms with Crippen molar-refractivity contribution < 1.29 is 23.0 Å². The molecule has 0 aromatic heterocycles. The summed E-state index contributed by atoms with van der Waals surface area (Å²) in [7, 11) is 0. The van der Waals surface area contributed by atoms with E-state index in [4.69, 9.17) is 4.74 Å². The molecule has 146 valence electrons. The van der Waals surface area contributed by atoms with Crippen molar-refractivity contribution in [3.8, 4) is 5.75 Å². The van der Waals surface area contributed by atoms with Gasteiger partial charge in [-0.05, 0) is 55.7 Å². The molecule has 0 atom stereocenters. The van der Waals surface area contributed by atoms with Crippen LogP contribution in [0.3, 0.4) is 0 Å². The predicted octanol–water partition coefficient (Wildman–Crippen LogP) is 5.73. The number of esters is 1. The minimum atomic E-state index is -2.59. The second kappa shape index (κ2) is 11.1. The molecule has 0 unspecified atom stereocenters. The number of unbranched alkanes of at least 4 members (excludes halogenated alkanes) is 3. The molecule has 0 spiro atoms. The minimum Gasteiger partial charge on any atom is -0.494 e. The molecule has 1 fully saturated rings. The van der Waals surface area contributed by atoms with Gasteiger partial charge in [0.15, 0.2) is 6.61 Å². The molecular formula is C21H30F2O3. The first kappa shape index (κ1) is 20.7. The fraction of sp³-hybridized carbons (Fsp3) is 0.667. The van der Waals surface area contributed by atoms with E-state index in [9.17, 15) is 13.6 Å². The van der Waals surface area contributed by atoms with Crippen LogP contribution in [0.25, 0.3) is 0 Å². The zero-order valence-electron chi connectivity index (χ0n) is 15.6. The van der Waals surface area contributed by atoms with Gasteiger partial charge in [-0.2, -0.15) is 0 Å². The van der Waals surface area contributed by atoms with E-state index in [1.165, 1.54) is 24.8 Å². The van der Waals surface area contributed by atoms with Gasteiger partial charge in [0.05, 0.1) is 12.5 Å². The first-order valence-electron chi connectivity index (χ1n) is 9.77. The number of carbonyl (C=O) groups excluding carboxylic acids is 1. The van der Waals surface area contributed by atoms with Gasteiger partial charge >= 0.3 is 5.97 Å². The summed E-state index contributed by atoms with van der Waals surface area (Å²) in [5.41, 5.74) is 1.25. The van der Waals surface area contributed by atoms with E-state index < -0.39 is 19.0 Å². The van der Waals surface area contributed by atoms with Gasteiger partial charge in [0.2, 0.25) is 0 Å². The minimum absolute atomic E-state index is 0.240. The number of benzene rings is 1. The van der Waals surface area contributed by atoms with Gasteiger partial charge in [-0.25, -0.2) is 8.78 Å². The maximum absolute atomic E-state index is 12.1. The van der Waals surface area contributed by atoms with Crippen LogP contribution in [0.15, 0.2) is 24.3 Å². The predicted molar refractivity (Wildman–Crippen MR) is 97.7 cm³/mol. The third kappa shape index (κ3) is 6.93. The molecule has 0 radical (unpaired) electrons. The Hall–Kier alpha value is -1.65. The largest absolute Gasteiger partial charge is 0.494 e. The Bertz CT molecular complexity index is 523. The van der Waals surface area contributed by atoms with Crippen molar-refractivity contribution in [2.75, 3.05) is 13.2 Å². The van der Waals surface area contributed by atoms with Crippen LogP contribution in [0.5, 0.6) is 5.75 Å². The van der Waals surface area contributed by atoms with Gasteiger partial charge in [0.1, 0.15) is 5.75 Å². The third-order valence-corrected chi connectivity index (χ3v) is 5.03. The van der Waals surface area contributed by atoms with Crippen molar-refractivity contribution in [2.24, 2.45) is 5.92 Å². The molecule has 0 bridgehead atoms. The van der Waals surface area contributed by atoms with E-state index in [0.29, 0.717) is 18.8 Å². The van der Waals surface area contributed by atoms with Gasteiger partial charge in [-0.1, -0.05) is 38.3 Å². The molecule has 3 nitrogen and oxygen atoms in total. The first-order valence-corrected chi connectivity index (χ1v) is 9.77. The van der Waals surface area contributed by atoms with Gasteiger partial charge in [-0.3, -0.25) is 4.79 Å². The summed E-state index contributed by atoms with van der Waals surface area (Å²) in [6.07, 6.45) is 5.32. The second-order valence-electron chi connectivity index (χ2n) is 7.05. The number of hydrogen-bond acceptors (Lipinski definition) is 3. The van der Waals surface area contributed by atoms with Crippen LogP contribution in [0.2, 0.25) is 0 Å². The van der Waals surface area contributed by atoms with E-state index >= 15 is 0 Å². The summed E-state index contributed by atoms with van der Waals surface area (Å²) in [5.74, 6) is 0.591. The van der Waals surface area contributed by atoms with E-state index in [1.807, 2.05) is 12.1 Å². The smallest absolute Gasteiger partial charge is 0.309 e. The standard InChI is InChI=1S/C21H30F2O3/c1-2-3-4-5-14-25-19-12-10-17(11-13-19)16-6-8-18(9-7-16)21(24)26-15-20(22)23/h10-13,16,18,20H,2-9,14-15H2,1H3/t16-,18-. The molecule has 26 heavy (non-hydrogen) atoms. The highest BCUT2D eigenvalue weighted by Crippen LogP contribution is 2.36. The number of carbonyl (C=O) groups is 1. The average molecular weight is 368 g/mol. The maximum Gasteiger partial charge on any atom is 0.309 e. The summed E-state index contributed by atoms with van der Waals surface area (Å²) >= 11 is 0. The lowest BCUT2D eigenvalue weighted by molar-refractivity contribution is -0.153. The van der Waals surface area contributed by atoms with Crippen LogP contribution in [-0.2, 0) is 9.53 Å². The first-order chi connectivity index (χ1) is 12.6. The Labute approximate surface area is 155 Å². The summed E-state index contributed by atoms with van der Waals surface area (Å²) in [6.45, 7) is 2.16. The summed E-state index contributed by atoms with van der Waals surface area (Å²) in [4.78, 5) is 11.8. The highest BCUT2D eigenvalue weighted by atomic mass is 19.3. The van der Waals surface area contributed by atoms with Crippen molar-refractivity contribution in [2.45, 2.75) is 70.6 Å². The van der Waals surface area contributed by atoms with E-state index in [2.05, 4.69) is 23.8 Å². The molecule has 1 aliphatic rings. The van der Waals surface area contributed by atoms with E-state index in [0.717, 1.165) is 31.6 Å². The molecular weight excluding hydrogens is 338 g/mol. The highest BCUT2D eigenvalue weighted by molar-refractivity contribution is 5.72. The molecule has 0 N–H and O–H groups in total. The molecule has 2 rings (SSSR count). The molecule has 1 saturated carbocycles. The summed E-state index contributed by atoms with van der Waals surface area (Å²) < 4.78 is 34.7. The highest BCUT2D eigenvalue weighted by Gasteiger charge is 2.28. The van der Waals surface area contributed by atoms with Crippen LogP contribution in [0.4, 0.5) is 8.78 Å². The number of halogens is 2. The van der Waals surface area contributed by atoms with E-state index in [1.54, 1.807) is 0 Å². The third-order valence-electron chi connectivity index (χ3n) is 5.03. The van der Waals surface area contributed by atoms with Gasteiger partial charge < -0.3 is 9.47 Å². The van der Waals surface area contributed by atoms with Crippen LogP contribution in [0, 0.1) is 5.92 Å². The topological polar surface area (TPSA) is 35.5 Å². The van der Waals surface area contributed by atoms with Crippen molar-refractivity contribution >= 4 is 5.97 Å². The molecule has 0 saturated heterocycles. The number of rotatable bonds is 10. The van der Waals surface area contributed by atoms with Gasteiger partial charge in [-0.15, -0.1) is 0 Å². The fourth-order valence-corrected chi connectivity index (χ4v) is 3.48. The zero-order valence-corrected chi connectivity index (χ0v) is 15.6. The lowest BCUT2D eigenvalue weighted by Gasteiger charge is -2.27. The monoisotopic (exact) mass is 368 g/mol. The van der Waals surface area contributed by atoms with Crippen molar-refractivity contribution in [3.63, 3.8) is 0 Å². The lowest BCUT2D eigenvalue weighted by atomic mass is 9.79. The van der Waals surface area contributed by atoms with Crippen molar-refractivity contribution in [1.29, 1.82) is 0 Å². The molecule has 1 aromatic carbocycles. The summed E-state index contributed by atoms with van der Waals surface area (Å²) in [5, 5.41) is 0. The Morgan fingerprint density at radius 3 is 2.38 bits per heavy atom. The Balaban J connectivity index is 1.72. The fourth-order valence-electron chi connectivity index (χ4n) is 3.48. The molecule has 0 amide bonds. The molecule has 0 heterocycles. The van der Waals surface area contributed by atoms with Crippen molar-refractivity contribution in [3.05, 3.63) is 29.8 Å².